The lowest BCUT2D eigenvalue weighted by atomic mass is 10.1. The summed E-state index contributed by atoms with van der Waals surface area (Å²) in [5.74, 6) is 1.05. The first kappa shape index (κ1) is 12.1. The number of aryl methyl sites for hydroxylation is 2. The minimum absolute atomic E-state index is 0.0200. The zero-order valence-electron chi connectivity index (χ0n) is 9.27. The standard InChI is InChI=1S/C12H13ClN2O2/c13-10-4-2-1-3-9(10)5-6-11-14-15-12(17-11)7-8-16/h1-4,16H,5-8H2. The highest BCUT2D eigenvalue weighted by Gasteiger charge is 2.06. The van der Waals surface area contributed by atoms with Gasteiger partial charge in [0.1, 0.15) is 0 Å². The summed E-state index contributed by atoms with van der Waals surface area (Å²) in [7, 11) is 0. The zero-order chi connectivity index (χ0) is 12.1. The van der Waals surface area contributed by atoms with Gasteiger partial charge in [0.05, 0.1) is 6.61 Å². The number of hydrogen-bond acceptors (Lipinski definition) is 4. The molecular formula is C12H13ClN2O2. The molecule has 1 aromatic heterocycles. The lowest BCUT2D eigenvalue weighted by molar-refractivity contribution is 0.283. The van der Waals surface area contributed by atoms with Crippen LogP contribution in [0, 0.1) is 0 Å². The van der Waals surface area contributed by atoms with Crippen LogP contribution >= 0.6 is 11.6 Å². The molecular weight excluding hydrogens is 240 g/mol. The first-order valence-corrected chi connectivity index (χ1v) is 5.83. The number of aliphatic hydroxyl groups is 1. The third-order valence-corrected chi connectivity index (χ3v) is 2.77. The van der Waals surface area contributed by atoms with Crippen molar-refractivity contribution in [1.82, 2.24) is 10.2 Å². The third kappa shape index (κ3) is 3.28. The van der Waals surface area contributed by atoms with Gasteiger partial charge in [-0.1, -0.05) is 29.8 Å². The van der Waals surface area contributed by atoms with E-state index in [1.165, 1.54) is 0 Å². The average Bonchev–Trinajstić information content (AvgIpc) is 2.76. The topological polar surface area (TPSA) is 59.2 Å². The second-order valence-corrected chi connectivity index (χ2v) is 4.06. The SMILES string of the molecule is OCCc1nnc(CCc2ccccc2Cl)o1. The molecule has 0 aliphatic heterocycles. The van der Waals surface area contributed by atoms with Gasteiger partial charge in [-0.05, 0) is 18.1 Å². The Kier molecular flexibility index (Phi) is 4.12. The van der Waals surface area contributed by atoms with E-state index in [9.17, 15) is 0 Å². The number of benzene rings is 1. The molecule has 0 fully saturated rings. The highest BCUT2D eigenvalue weighted by molar-refractivity contribution is 6.31. The van der Waals surface area contributed by atoms with Gasteiger partial charge in [-0.15, -0.1) is 10.2 Å². The molecule has 0 atom stereocenters. The first-order valence-electron chi connectivity index (χ1n) is 5.45. The zero-order valence-corrected chi connectivity index (χ0v) is 10.0. The second-order valence-electron chi connectivity index (χ2n) is 3.65. The molecule has 1 aromatic carbocycles. The first-order chi connectivity index (χ1) is 8.29. The van der Waals surface area contributed by atoms with Crippen molar-refractivity contribution in [2.45, 2.75) is 19.3 Å². The van der Waals surface area contributed by atoms with Gasteiger partial charge >= 0.3 is 0 Å². The van der Waals surface area contributed by atoms with Crippen molar-refractivity contribution in [1.29, 1.82) is 0 Å². The molecule has 90 valence electrons. The molecule has 0 amide bonds. The Labute approximate surface area is 104 Å². The van der Waals surface area contributed by atoms with E-state index >= 15 is 0 Å². The van der Waals surface area contributed by atoms with Crippen LogP contribution in [0.5, 0.6) is 0 Å². The molecule has 5 heteroatoms. The fraction of sp³-hybridized carbons (Fsp3) is 0.333. The lowest BCUT2D eigenvalue weighted by Crippen LogP contribution is -1.92. The van der Waals surface area contributed by atoms with Crippen molar-refractivity contribution in [3.63, 3.8) is 0 Å². The Morgan fingerprint density at radius 2 is 1.76 bits per heavy atom. The summed E-state index contributed by atoms with van der Waals surface area (Å²) in [6, 6.07) is 7.69. The summed E-state index contributed by atoms with van der Waals surface area (Å²) in [5, 5.41) is 17.2. The van der Waals surface area contributed by atoms with E-state index in [4.69, 9.17) is 21.1 Å². The van der Waals surface area contributed by atoms with Gasteiger partial charge < -0.3 is 9.52 Å². The molecule has 2 aromatic rings. The molecule has 0 spiro atoms. The quantitative estimate of drug-likeness (QED) is 0.885. The van der Waals surface area contributed by atoms with Gasteiger partial charge in [-0.2, -0.15) is 0 Å². The van der Waals surface area contributed by atoms with E-state index in [0.29, 0.717) is 24.6 Å². The number of hydrogen-bond donors (Lipinski definition) is 1. The van der Waals surface area contributed by atoms with Crippen molar-refractivity contribution in [3.8, 4) is 0 Å². The average molecular weight is 253 g/mol. The Balaban J connectivity index is 1.95. The van der Waals surface area contributed by atoms with Gasteiger partial charge in [-0.25, -0.2) is 0 Å². The maximum Gasteiger partial charge on any atom is 0.218 e. The van der Waals surface area contributed by atoms with Crippen molar-refractivity contribution in [3.05, 3.63) is 46.6 Å². The second kappa shape index (κ2) is 5.80. The summed E-state index contributed by atoms with van der Waals surface area (Å²) in [6.45, 7) is 0.0200. The van der Waals surface area contributed by atoms with Crippen LogP contribution in [0.4, 0.5) is 0 Å². The van der Waals surface area contributed by atoms with E-state index in [2.05, 4.69) is 10.2 Å². The van der Waals surface area contributed by atoms with E-state index in [1.807, 2.05) is 24.3 Å². The Bertz CT molecular complexity index is 485. The van der Waals surface area contributed by atoms with Crippen molar-refractivity contribution in [2.75, 3.05) is 6.61 Å². The van der Waals surface area contributed by atoms with Crippen LogP contribution in [0.1, 0.15) is 17.3 Å². The van der Waals surface area contributed by atoms with Crippen LogP contribution in [0.3, 0.4) is 0 Å². The number of aromatic nitrogens is 2. The van der Waals surface area contributed by atoms with Crippen LogP contribution in [-0.4, -0.2) is 21.9 Å². The Morgan fingerprint density at radius 1 is 1.06 bits per heavy atom. The summed E-state index contributed by atoms with van der Waals surface area (Å²) in [4.78, 5) is 0. The van der Waals surface area contributed by atoms with E-state index < -0.39 is 0 Å². The molecule has 0 bridgehead atoms. The van der Waals surface area contributed by atoms with Crippen LogP contribution in [0.2, 0.25) is 5.02 Å². The van der Waals surface area contributed by atoms with Crippen LogP contribution < -0.4 is 0 Å². The lowest BCUT2D eigenvalue weighted by Gasteiger charge is -2.00. The molecule has 0 unspecified atom stereocenters. The third-order valence-electron chi connectivity index (χ3n) is 2.40. The smallest absolute Gasteiger partial charge is 0.218 e. The molecule has 0 aliphatic carbocycles. The monoisotopic (exact) mass is 252 g/mol. The predicted molar refractivity (Wildman–Crippen MR) is 63.9 cm³/mol. The van der Waals surface area contributed by atoms with Crippen LogP contribution in [0.15, 0.2) is 28.7 Å². The van der Waals surface area contributed by atoms with Crippen molar-refractivity contribution < 1.29 is 9.52 Å². The van der Waals surface area contributed by atoms with Gasteiger partial charge in [-0.3, -0.25) is 0 Å². The number of rotatable bonds is 5. The van der Waals surface area contributed by atoms with Crippen molar-refractivity contribution in [2.24, 2.45) is 0 Å². The van der Waals surface area contributed by atoms with Crippen LogP contribution in [-0.2, 0) is 19.3 Å². The number of aliphatic hydroxyl groups excluding tert-OH is 1. The molecule has 0 radical (unpaired) electrons. The minimum Gasteiger partial charge on any atom is -0.425 e. The Morgan fingerprint density at radius 3 is 2.47 bits per heavy atom. The summed E-state index contributed by atoms with van der Waals surface area (Å²) in [5.41, 5.74) is 1.07. The fourth-order valence-corrected chi connectivity index (χ4v) is 1.76. The number of nitrogens with zero attached hydrogens (tertiary/aromatic N) is 2. The van der Waals surface area contributed by atoms with Gasteiger partial charge in [0.2, 0.25) is 11.8 Å². The largest absolute Gasteiger partial charge is 0.425 e. The summed E-state index contributed by atoms with van der Waals surface area (Å²) >= 11 is 6.05. The van der Waals surface area contributed by atoms with Crippen molar-refractivity contribution >= 4 is 11.6 Å². The molecule has 17 heavy (non-hydrogen) atoms. The summed E-state index contributed by atoms with van der Waals surface area (Å²) in [6.07, 6.45) is 1.82. The normalized spacial score (nSPS) is 10.7. The minimum atomic E-state index is 0.0200. The molecule has 0 aliphatic rings. The summed E-state index contributed by atoms with van der Waals surface area (Å²) < 4.78 is 5.36. The van der Waals surface area contributed by atoms with Gasteiger partial charge in [0.15, 0.2) is 0 Å². The van der Waals surface area contributed by atoms with E-state index in [1.54, 1.807) is 0 Å². The van der Waals surface area contributed by atoms with Crippen LogP contribution in [0.25, 0.3) is 0 Å². The maximum atomic E-state index is 8.73. The van der Waals surface area contributed by atoms with E-state index in [0.717, 1.165) is 17.0 Å². The maximum absolute atomic E-state index is 8.73. The molecule has 4 nitrogen and oxygen atoms in total. The fourth-order valence-electron chi connectivity index (χ4n) is 1.53. The molecule has 0 saturated carbocycles. The highest BCUT2D eigenvalue weighted by atomic mass is 35.5. The molecule has 0 saturated heterocycles. The highest BCUT2D eigenvalue weighted by Crippen LogP contribution is 2.17. The van der Waals surface area contributed by atoms with Gasteiger partial charge in [0, 0.05) is 17.9 Å². The predicted octanol–water partition coefficient (Wildman–Crippen LogP) is 2.04. The Hall–Kier alpha value is -1.39. The van der Waals surface area contributed by atoms with E-state index in [-0.39, 0.29) is 6.61 Å². The molecule has 1 N–H and O–H groups in total. The molecule has 2 rings (SSSR count). The molecule has 1 heterocycles. The van der Waals surface area contributed by atoms with Gasteiger partial charge in [0.25, 0.3) is 0 Å². The number of halogens is 1.